The fourth-order valence-corrected chi connectivity index (χ4v) is 3.89. The van der Waals surface area contributed by atoms with Gasteiger partial charge in [0.15, 0.2) is 0 Å². The van der Waals surface area contributed by atoms with Crippen molar-refractivity contribution >= 4 is 39.4 Å². The lowest BCUT2D eigenvalue weighted by Crippen LogP contribution is -2.35. The molecule has 1 aliphatic heterocycles. The van der Waals surface area contributed by atoms with Crippen LogP contribution in [0.2, 0.25) is 0 Å². The number of amides is 2. The molecule has 1 saturated carbocycles. The van der Waals surface area contributed by atoms with E-state index in [-0.39, 0.29) is 18.2 Å². The Morgan fingerprint density at radius 2 is 1.90 bits per heavy atom. The minimum atomic E-state index is -1.07. The third-order valence-corrected chi connectivity index (χ3v) is 5.66. The number of halogens is 1. The van der Waals surface area contributed by atoms with Crippen LogP contribution < -0.4 is 4.90 Å². The lowest BCUT2D eigenvalue weighted by atomic mass is 10.0. The molecule has 6 heteroatoms. The number of hydrogen-bond donors (Lipinski definition) is 0. The van der Waals surface area contributed by atoms with Gasteiger partial charge in [0.2, 0.25) is 11.8 Å². The van der Waals surface area contributed by atoms with Gasteiger partial charge in [-0.2, -0.15) is 0 Å². The van der Waals surface area contributed by atoms with Gasteiger partial charge in [-0.1, -0.05) is 33.6 Å². The molecule has 1 spiro atoms. The Bertz CT molecular complexity index is 656. The van der Waals surface area contributed by atoms with Crippen LogP contribution in [0.5, 0.6) is 0 Å². The molecule has 0 bridgehead atoms. The highest BCUT2D eigenvalue weighted by Gasteiger charge is 2.80. The number of rotatable bonds is 2. The Hall–Kier alpha value is -1.69. The van der Waals surface area contributed by atoms with Crippen molar-refractivity contribution in [2.45, 2.75) is 24.1 Å². The molecule has 0 radical (unpaired) electrons. The van der Waals surface area contributed by atoms with Gasteiger partial charge in [-0.3, -0.25) is 14.4 Å². The molecule has 2 fully saturated rings. The summed E-state index contributed by atoms with van der Waals surface area (Å²) >= 11 is 3.30. The zero-order valence-corrected chi connectivity index (χ0v) is 13.3. The molecule has 1 heterocycles. The van der Waals surface area contributed by atoms with Crippen LogP contribution in [0.25, 0.3) is 0 Å². The number of carbonyl (C=O) groups is 3. The van der Waals surface area contributed by atoms with Crippen molar-refractivity contribution in [3.8, 4) is 0 Å². The SMILES string of the molecule is COC(=O)[C@]1(Br)C[C@]12CC(=O)N(c1ccc(C)cc1)C2=O. The molecule has 0 N–H and O–H groups in total. The predicted octanol–water partition coefficient (Wildman–Crippen LogP) is 1.96. The average Bonchev–Trinajstić information content (AvgIpc) is 2.98. The lowest BCUT2D eigenvalue weighted by Gasteiger charge is -2.16. The van der Waals surface area contributed by atoms with Gasteiger partial charge >= 0.3 is 5.97 Å². The molecule has 1 aliphatic carbocycles. The quantitative estimate of drug-likeness (QED) is 0.464. The number of imide groups is 1. The lowest BCUT2D eigenvalue weighted by molar-refractivity contribution is -0.142. The summed E-state index contributed by atoms with van der Waals surface area (Å²) in [6.45, 7) is 1.93. The Balaban J connectivity index is 1.95. The highest BCUT2D eigenvalue weighted by atomic mass is 79.9. The summed E-state index contributed by atoms with van der Waals surface area (Å²) in [4.78, 5) is 38.0. The number of aryl methyl sites for hydroxylation is 1. The maximum absolute atomic E-state index is 12.7. The van der Waals surface area contributed by atoms with Gasteiger partial charge in [0.1, 0.15) is 4.32 Å². The molecular formula is C15H14BrNO4. The van der Waals surface area contributed by atoms with Crippen molar-refractivity contribution in [3.63, 3.8) is 0 Å². The Labute approximate surface area is 130 Å². The van der Waals surface area contributed by atoms with Crippen molar-refractivity contribution in [1.82, 2.24) is 0 Å². The fourth-order valence-electron chi connectivity index (χ4n) is 2.94. The van der Waals surface area contributed by atoms with E-state index in [0.717, 1.165) is 5.56 Å². The second kappa shape index (κ2) is 4.40. The number of hydrogen-bond acceptors (Lipinski definition) is 4. The average molecular weight is 352 g/mol. The topological polar surface area (TPSA) is 63.7 Å². The zero-order chi connectivity index (χ0) is 15.4. The molecular weight excluding hydrogens is 338 g/mol. The van der Waals surface area contributed by atoms with Crippen molar-refractivity contribution < 1.29 is 19.1 Å². The predicted molar refractivity (Wildman–Crippen MR) is 79.0 cm³/mol. The van der Waals surface area contributed by atoms with Crippen molar-refractivity contribution in [1.29, 1.82) is 0 Å². The van der Waals surface area contributed by atoms with E-state index < -0.39 is 15.7 Å². The largest absolute Gasteiger partial charge is 0.468 e. The highest BCUT2D eigenvalue weighted by Crippen LogP contribution is 2.68. The van der Waals surface area contributed by atoms with Crippen LogP contribution in [-0.2, 0) is 19.1 Å². The van der Waals surface area contributed by atoms with Crippen LogP contribution >= 0.6 is 15.9 Å². The number of esters is 1. The molecule has 1 aromatic rings. The summed E-state index contributed by atoms with van der Waals surface area (Å²) in [5, 5.41) is 0. The second-order valence-electron chi connectivity index (χ2n) is 5.60. The molecule has 5 nitrogen and oxygen atoms in total. The first-order valence-electron chi connectivity index (χ1n) is 6.57. The highest BCUT2D eigenvalue weighted by molar-refractivity contribution is 9.10. The minimum absolute atomic E-state index is 0.0278. The van der Waals surface area contributed by atoms with Gasteiger partial charge in [-0.25, -0.2) is 4.90 Å². The van der Waals surface area contributed by atoms with Crippen LogP contribution in [-0.4, -0.2) is 29.2 Å². The van der Waals surface area contributed by atoms with Crippen LogP contribution in [0.4, 0.5) is 5.69 Å². The maximum Gasteiger partial charge on any atom is 0.323 e. The van der Waals surface area contributed by atoms with E-state index in [4.69, 9.17) is 4.74 Å². The molecule has 0 unspecified atom stereocenters. The monoisotopic (exact) mass is 351 g/mol. The van der Waals surface area contributed by atoms with Gasteiger partial charge in [0.25, 0.3) is 0 Å². The van der Waals surface area contributed by atoms with Crippen LogP contribution in [0.15, 0.2) is 24.3 Å². The van der Waals surface area contributed by atoms with Gasteiger partial charge in [0, 0.05) is 6.42 Å². The van der Waals surface area contributed by atoms with Crippen molar-refractivity contribution in [3.05, 3.63) is 29.8 Å². The summed E-state index contributed by atoms with van der Waals surface area (Å²) in [5.74, 6) is -1.12. The molecule has 1 aromatic carbocycles. The molecule has 1 saturated heterocycles. The molecule has 2 amide bonds. The molecule has 21 heavy (non-hydrogen) atoms. The summed E-state index contributed by atoms with van der Waals surface area (Å²) in [6, 6.07) is 7.16. The number of benzene rings is 1. The van der Waals surface area contributed by atoms with E-state index in [1.807, 2.05) is 19.1 Å². The smallest absolute Gasteiger partial charge is 0.323 e. The van der Waals surface area contributed by atoms with E-state index in [1.54, 1.807) is 12.1 Å². The first-order chi connectivity index (χ1) is 9.85. The van der Waals surface area contributed by atoms with E-state index >= 15 is 0 Å². The molecule has 0 aromatic heterocycles. The van der Waals surface area contributed by atoms with E-state index in [9.17, 15) is 14.4 Å². The summed E-state index contributed by atoms with van der Waals surface area (Å²) in [5.41, 5.74) is 0.588. The standard InChI is InChI=1S/C15H14BrNO4/c1-9-3-5-10(6-4-9)17-11(18)7-14(12(17)19)8-15(14,16)13(20)21-2/h3-6H,7-8H2,1-2H3/t14-,15+/m0/s1. The molecule has 2 aliphatic rings. The van der Waals surface area contributed by atoms with Crippen LogP contribution in [0, 0.1) is 12.3 Å². The number of methoxy groups -OCH3 is 1. The van der Waals surface area contributed by atoms with Gasteiger partial charge < -0.3 is 4.74 Å². The van der Waals surface area contributed by atoms with Crippen LogP contribution in [0.1, 0.15) is 18.4 Å². The molecule has 110 valence electrons. The molecule has 3 rings (SSSR count). The van der Waals surface area contributed by atoms with Crippen LogP contribution in [0.3, 0.4) is 0 Å². The maximum atomic E-state index is 12.7. The third kappa shape index (κ3) is 1.78. The van der Waals surface area contributed by atoms with Gasteiger partial charge in [0.05, 0.1) is 18.2 Å². The van der Waals surface area contributed by atoms with E-state index in [2.05, 4.69) is 15.9 Å². The third-order valence-electron chi connectivity index (χ3n) is 4.29. The fraction of sp³-hybridized carbons (Fsp3) is 0.400. The number of ether oxygens (including phenoxy) is 1. The van der Waals surface area contributed by atoms with E-state index in [1.165, 1.54) is 12.0 Å². The summed E-state index contributed by atoms with van der Waals surface area (Å²) < 4.78 is 3.67. The molecule has 2 atom stereocenters. The summed E-state index contributed by atoms with van der Waals surface area (Å²) in [6.07, 6.45) is 0.319. The van der Waals surface area contributed by atoms with Crippen molar-refractivity contribution in [2.24, 2.45) is 5.41 Å². The van der Waals surface area contributed by atoms with Crippen molar-refractivity contribution in [2.75, 3.05) is 12.0 Å². The Kier molecular flexibility index (Phi) is 2.99. The Morgan fingerprint density at radius 1 is 1.29 bits per heavy atom. The first-order valence-corrected chi connectivity index (χ1v) is 7.36. The summed E-state index contributed by atoms with van der Waals surface area (Å²) in [7, 11) is 1.27. The number of carbonyl (C=O) groups excluding carboxylic acids is 3. The number of nitrogens with zero attached hydrogens (tertiary/aromatic N) is 1. The number of alkyl halides is 1. The minimum Gasteiger partial charge on any atom is -0.468 e. The number of anilines is 1. The first kappa shape index (κ1) is 14.3. The zero-order valence-electron chi connectivity index (χ0n) is 11.7. The second-order valence-corrected chi connectivity index (χ2v) is 6.95. The Morgan fingerprint density at radius 3 is 2.48 bits per heavy atom. The van der Waals surface area contributed by atoms with Gasteiger partial charge in [-0.05, 0) is 25.5 Å². The normalized spacial score (nSPS) is 30.9. The van der Waals surface area contributed by atoms with Gasteiger partial charge in [-0.15, -0.1) is 0 Å². The van der Waals surface area contributed by atoms with E-state index in [0.29, 0.717) is 12.1 Å².